The number of amides is 1. The van der Waals surface area contributed by atoms with Crippen LogP contribution >= 0.6 is 11.6 Å². The number of nitrogens with one attached hydrogen (secondary N) is 1. The van der Waals surface area contributed by atoms with Crippen LogP contribution in [-0.4, -0.2) is 36.4 Å². The van der Waals surface area contributed by atoms with Gasteiger partial charge in [-0.3, -0.25) is 4.79 Å². The van der Waals surface area contributed by atoms with E-state index in [9.17, 15) is 9.59 Å². The SMILES string of the molecule is Cc1cc(Cl)ccc1OC1CCCC1.O=C(O)CNC(=O)OCC1c2ccccc2-c2ccccc21. The van der Waals surface area contributed by atoms with Crippen LogP contribution in [0.2, 0.25) is 5.02 Å². The highest BCUT2D eigenvalue weighted by atomic mass is 35.5. The molecule has 0 aliphatic heterocycles. The fourth-order valence-corrected chi connectivity index (χ4v) is 4.95. The van der Waals surface area contributed by atoms with Gasteiger partial charge in [-0.05, 0) is 78.6 Å². The molecular weight excluding hydrogens is 478 g/mol. The van der Waals surface area contributed by atoms with Gasteiger partial charge in [0, 0.05) is 10.9 Å². The summed E-state index contributed by atoms with van der Waals surface area (Å²) >= 11 is 5.88. The number of rotatable bonds is 6. The molecule has 0 saturated heterocycles. The highest BCUT2D eigenvalue weighted by Gasteiger charge is 2.29. The molecule has 5 rings (SSSR count). The Balaban J connectivity index is 0.000000187. The van der Waals surface area contributed by atoms with E-state index in [1.54, 1.807) is 0 Å². The molecule has 0 radical (unpaired) electrons. The van der Waals surface area contributed by atoms with Crippen LogP contribution in [0.4, 0.5) is 4.79 Å². The first-order valence-electron chi connectivity index (χ1n) is 12.2. The number of carboxylic acids is 1. The molecular formula is C29H30ClNO5. The molecule has 0 unspecified atom stereocenters. The molecule has 0 spiro atoms. The van der Waals surface area contributed by atoms with E-state index in [0.29, 0.717) is 6.10 Å². The van der Waals surface area contributed by atoms with Gasteiger partial charge < -0.3 is 19.9 Å². The molecule has 0 bridgehead atoms. The Morgan fingerprint density at radius 1 is 0.972 bits per heavy atom. The molecule has 0 aromatic heterocycles. The summed E-state index contributed by atoms with van der Waals surface area (Å²) in [7, 11) is 0. The van der Waals surface area contributed by atoms with E-state index < -0.39 is 18.6 Å². The Morgan fingerprint density at radius 2 is 1.58 bits per heavy atom. The van der Waals surface area contributed by atoms with Gasteiger partial charge in [0.15, 0.2) is 0 Å². The number of ether oxygens (including phenoxy) is 2. The van der Waals surface area contributed by atoms with Crippen molar-refractivity contribution < 1.29 is 24.2 Å². The molecule has 2 N–H and O–H groups in total. The van der Waals surface area contributed by atoms with Crippen LogP contribution in [0.3, 0.4) is 0 Å². The summed E-state index contributed by atoms with van der Waals surface area (Å²) in [6, 6.07) is 21.9. The molecule has 2 aliphatic carbocycles. The lowest BCUT2D eigenvalue weighted by atomic mass is 9.98. The van der Waals surface area contributed by atoms with Gasteiger partial charge in [0.05, 0.1) is 6.10 Å². The lowest BCUT2D eigenvalue weighted by Crippen LogP contribution is -2.30. The van der Waals surface area contributed by atoms with Gasteiger partial charge in [0.25, 0.3) is 0 Å². The molecule has 36 heavy (non-hydrogen) atoms. The van der Waals surface area contributed by atoms with Crippen LogP contribution < -0.4 is 10.1 Å². The van der Waals surface area contributed by atoms with Crippen molar-refractivity contribution in [2.75, 3.05) is 13.2 Å². The third kappa shape index (κ3) is 6.38. The quantitative estimate of drug-likeness (QED) is 0.393. The maximum Gasteiger partial charge on any atom is 0.407 e. The van der Waals surface area contributed by atoms with Crippen LogP contribution in [-0.2, 0) is 9.53 Å². The number of halogens is 1. The summed E-state index contributed by atoms with van der Waals surface area (Å²) in [5.41, 5.74) is 5.67. The minimum atomic E-state index is -1.10. The van der Waals surface area contributed by atoms with Crippen molar-refractivity contribution >= 4 is 23.7 Å². The number of hydrogen-bond acceptors (Lipinski definition) is 4. The van der Waals surface area contributed by atoms with Gasteiger partial charge in [0.2, 0.25) is 0 Å². The number of benzene rings is 3. The van der Waals surface area contributed by atoms with Crippen molar-refractivity contribution in [3.8, 4) is 16.9 Å². The third-order valence-corrected chi connectivity index (χ3v) is 6.70. The molecule has 0 heterocycles. The fourth-order valence-electron chi connectivity index (χ4n) is 4.73. The number of carbonyl (C=O) groups is 2. The standard InChI is InChI=1S/C17H15NO4.C12H15ClO/c19-16(20)9-18-17(21)22-10-15-13-7-3-1-5-11(13)12-6-2-4-8-14(12)15;1-9-8-10(13)6-7-12(9)14-11-4-2-3-5-11/h1-8,15H,9-10H2,(H,18,21)(H,19,20);6-8,11H,2-5H2,1H3. The summed E-state index contributed by atoms with van der Waals surface area (Å²) in [5.74, 6) is -0.141. The molecule has 0 atom stereocenters. The minimum absolute atomic E-state index is 0.0250. The van der Waals surface area contributed by atoms with E-state index in [0.717, 1.165) is 38.6 Å². The first-order chi connectivity index (χ1) is 17.4. The zero-order chi connectivity index (χ0) is 25.5. The van der Waals surface area contributed by atoms with E-state index in [-0.39, 0.29) is 12.5 Å². The van der Waals surface area contributed by atoms with Crippen molar-refractivity contribution in [3.05, 3.63) is 88.4 Å². The van der Waals surface area contributed by atoms with E-state index in [1.807, 2.05) is 61.5 Å². The monoisotopic (exact) mass is 507 g/mol. The summed E-state index contributed by atoms with van der Waals surface area (Å²) in [6.07, 6.45) is 4.71. The Bertz CT molecular complexity index is 1180. The van der Waals surface area contributed by atoms with Gasteiger partial charge in [0.1, 0.15) is 18.9 Å². The second-order valence-electron chi connectivity index (χ2n) is 9.01. The molecule has 1 fully saturated rings. The zero-order valence-corrected chi connectivity index (χ0v) is 21.0. The number of aryl methyl sites for hydroxylation is 1. The summed E-state index contributed by atoms with van der Waals surface area (Å²) < 4.78 is 11.1. The van der Waals surface area contributed by atoms with Gasteiger partial charge in [-0.1, -0.05) is 60.1 Å². The topological polar surface area (TPSA) is 84.9 Å². The normalized spacial score (nSPS) is 14.3. The number of aliphatic carboxylic acids is 1. The zero-order valence-electron chi connectivity index (χ0n) is 20.2. The third-order valence-electron chi connectivity index (χ3n) is 6.46. The van der Waals surface area contributed by atoms with Gasteiger partial charge in [-0.15, -0.1) is 0 Å². The van der Waals surface area contributed by atoms with E-state index in [4.69, 9.17) is 26.2 Å². The second-order valence-corrected chi connectivity index (χ2v) is 9.44. The van der Waals surface area contributed by atoms with Gasteiger partial charge in [-0.2, -0.15) is 0 Å². The molecule has 7 heteroatoms. The molecule has 3 aromatic rings. The predicted octanol–water partition coefficient (Wildman–Crippen LogP) is 6.58. The average Bonchev–Trinajstić information content (AvgIpc) is 3.50. The van der Waals surface area contributed by atoms with Crippen LogP contribution in [0.25, 0.3) is 11.1 Å². The van der Waals surface area contributed by atoms with Gasteiger partial charge in [-0.25, -0.2) is 4.79 Å². The fraction of sp³-hybridized carbons (Fsp3) is 0.310. The van der Waals surface area contributed by atoms with Gasteiger partial charge >= 0.3 is 12.1 Å². The summed E-state index contributed by atoms with van der Waals surface area (Å²) in [4.78, 5) is 22.0. The van der Waals surface area contributed by atoms with Crippen molar-refractivity contribution in [1.82, 2.24) is 5.32 Å². The number of carboxylic acid groups (broad SMARTS) is 1. The van der Waals surface area contributed by atoms with Crippen LogP contribution in [0.5, 0.6) is 5.75 Å². The van der Waals surface area contributed by atoms with Crippen LogP contribution in [0.15, 0.2) is 66.7 Å². The van der Waals surface area contributed by atoms with E-state index >= 15 is 0 Å². The number of alkyl carbamates (subject to hydrolysis) is 1. The molecule has 2 aliphatic rings. The van der Waals surface area contributed by atoms with Crippen molar-refractivity contribution in [2.24, 2.45) is 0 Å². The van der Waals surface area contributed by atoms with Crippen molar-refractivity contribution in [1.29, 1.82) is 0 Å². The minimum Gasteiger partial charge on any atom is -0.490 e. The Kier molecular flexibility index (Phi) is 8.49. The first-order valence-corrected chi connectivity index (χ1v) is 12.5. The Hall–Kier alpha value is -3.51. The Morgan fingerprint density at radius 3 is 2.17 bits per heavy atom. The smallest absolute Gasteiger partial charge is 0.407 e. The average molecular weight is 508 g/mol. The van der Waals surface area contributed by atoms with E-state index in [1.165, 1.54) is 25.7 Å². The molecule has 6 nitrogen and oxygen atoms in total. The number of carbonyl (C=O) groups excluding carboxylic acids is 1. The molecule has 1 saturated carbocycles. The predicted molar refractivity (Wildman–Crippen MR) is 140 cm³/mol. The highest BCUT2D eigenvalue weighted by molar-refractivity contribution is 6.30. The van der Waals surface area contributed by atoms with E-state index in [2.05, 4.69) is 17.4 Å². The summed E-state index contributed by atoms with van der Waals surface area (Å²) in [6.45, 7) is 1.77. The van der Waals surface area contributed by atoms with Crippen molar-refractivity contribution in [3.63, 3.8) is 0 Å². The lowest BCUT2D eigenvalue weighted by molar-refractivity contribution is -0.135. The maximum absolute atomic E-state index is 11.5. The largest absolute Gasteiger partial charge is 0.490 e. The second kappa shape index (κ2) is 12.0. The van der Waals surface area contributed by atoms with Crippen LogP contribution in [0.1, 0.15) is 48.3 Å². The lowest BCUT2D eigenvalue weighted by Gasteiger charge is -2.14. The number of hydrogen-bond donors (Lipinski definition) is 2. The Labute approximate surface area is 216 Å². The van der Waals surface area contributed by atoms with Crippen LogP contribution in [0, 0.1) is 6.92 Å². The molecule has 3 aromatic carbocycles. The molecule has 188 valence electrons. The molecule has 1 amide bonds. The summed E-state index contributed by atoms with van der Waals surface area (Å²) in [5, 5.41) is 11.5. The van der Waals surface area contributed by atoms with Crippen molar-refractivity contribution in [2.45, 2.75) is 44.6 Å². The first kappa shape index (κ1) is 25.6. The maximum atomic E-state index is 11.5. The highest BCUT2D eigenvalue weighted by Crippen LogP contribution is 2.44. The number of fused-ring (bicyclic) bond motifs is 3.